The van der Waals surface area contributed by atoms with Gasteiger partial charge in [-0.1, -0.05) is 19.1 Å². The number of amides is 1. The van der Waals surface area contributed by atoms with E-state index >= 15 is 0 Å². The minimum absolute atomic E-state index is 0.240. The van der Waals surface area contributed by atoms with Crippen LogP contribution in [0.1, 0.15) is 27.2 Å². The zero-order chi connectivity index (χ0) is 16.4. The van der Waals surface area contributed by atoms with Crippen molar-refractivity contribution in [3.05, 3.63) is 6.33 Å². The number of carbonyl (C=O) groups is 1. The molecule has 1 aliphatic rings. The highest BCUT2D eigenvalue weighted by Crippen LogP contribution is 2.22. The second kappa shape index (κ2) is 6.47. The minimum atomic E-state index is 0.240. The van der Waals surface area contributed by atoms with Gasteiger partial charge in [0, 0.05) is 39.1 Å². The fourth-order valence-electron chi connectivity index (χ4n) is 2.87. The standard InChI is InChI=1S/C15H23N7O/c1-4-22-15-13(18-19-22)14(16-10-17-15)21-7-5-20(6-8-21)12(23)9-11(2)3/h10-11H,4-9H2,1-3H3. The fourth-order valence-corrected chi connectivity index (χ4v) is 2.87. The van der Waals surface area contributed by atoms with Gasteiger partial charge >= 0.3 is 0 Å². The van der Waals surface area contributed by atoms with Crippen LogP contribution in [0, 0.1) is 5.92 Å². The van der Waals surface area contributed by atoms with Gasteiger partial charge in [0.2, 0.25) is 5.91 Å². The number of piperazine rings is 1. The lowest BCUT2D eigenvalue weighted by atomic mass is 10.1. The summed E-state index contributed by atoms with van der Waals surface area (Å²) in [5, 5.41) is 8.34. The van der Waals surface area contributed by atoms with Gasteiger partial charge in [-0.05, 0) is 12.8 Å². The Morgan fingerprint density at radius 1 is 1.22 bits per heavy atom. The van der Waals surface area contributed by atoms with E-state index in [0.717, 1.165) is 49.7 Å². The molecule has 0 atom stereocenters. The minimum Gasteiger partial charge on any atom is -0.351 e. The van der Waals surface area contributed by atoms with E-state index in [9.17, 15) is 4.79 Å². The van der Waals surface area contributed by atoms with Crippen LogP contribution in [0.5, 0.6) is 0 Å². The number of carbonyl (C=O) groups excluding carboxylic acids is 1. The van der Waals surface area contributed by atoms with Gasteiger partial charge in [0.25, 0.3) is 0 Å². The van der Waals surface area contributed by atoms with Gasteiger partial charge in [-0.15, -0.1) is 5.10 Å². The van der Waals surface area contributed by atoms with Crippen molar-refractivity contribution in [2.75, 3.05) is 31.1 Å². The molecule has 0 aliphatic carbocycles. The summed E-state index contributed by atoms with van der Waals surface area (Å²) in [6.45, 7) is 9.84. The van der Waals surface area contributed by atoms with Crippen LogP contribution in [-0.2, 0) is 11.3 Å². The Labute approximate surface area is 135 Å². The molecule has 2 aromatic rings. The topological polar surface area (TPSA) is 80.0 Å². The molecule has 124 valence electrons. The van der Waals surface area contributed by atoms with Gasteiger partial charge in [0.05, 0.1) is 0 Å². The Morgan fingerprint density at radius 2 is 1.96 bits per heavy atom. The maximum absolute atomic E-state index is 12.2. The van der Waals surface area contributed by atoms with E-state index < -0.39 is 0 Å². The van der Waals surface area contributed by atoms with Crippen LogP contribution in [0.4, 0.5) is 5.82 Å². The molecule has 2 aromatic heterocycles. The van der Waals surface area contributed by atoms with Gasteiger partial charge in [-0.3, -0.25) is 4.79 Å². The average molecular weight is 317 g/mol. The molecule has 1 fully saturated rings. The van der Waals surface area contributed by atoms with Crippen LogP contribution >= 0.6 is 0 Å². The van der Waals surface area contributed by atoms with Crippen LogP contribution in [0.25, 0.3) is 11.2 Å². The van der Waals surface area contributed by atoms with Crippen molar-refractivity contribution in [2.24, 2.45) is 5.92 Å². The highest BCUT2D eigenvalue weighted by molar-refractivity contribution is 5.83. The van der Waals surface area contributed by atoms with Crippen molar-refractivity contribution in [3.8, 4) is 0 Å². The third-order valence-electron chi connectivity index (χ3n) is 4.10. The van der Waals surface area contributed by atoms with Gasteiger partial charge in [0.15, 0.2) is 17.0 Å². The summed E-state index contributed by atoms with van der Waals surface area (Å²) >= 11 is 0. The van der Waals surface area contributed by atoms with Crippen LogP contribution in [0.2, 0.25) is 0 Å². The number of hydrogen-bond acceptors (Lipinski definition) is 6. The second-order valence-electron chi connectivity index (χ2n) is 6.24. The number of fused-ring (bicyclic) bond motifs is 1. The predicted molar refractivity (Wildman–Crippen MR) is 87.0 cm³/mol. The third-order valence-corrected chi connectivity index (χ3v) is 4.10. The molecule has 1 amide bonds. The molecule has 3 heterocycles. The Kier molecular flexibility index (Phi) is 4.40. The van der Waals surface area contributed by atoms with Gasteiger partial charge in [-0.2, -0.15) is 0 Å². The fraction of sp³-hybridized carbons (Fsp3) is 0.667. The summed E-state index contributed by atoms with van der Waals surface area (Å²) in [6.07, 6.45) is 2.17. The first-order chi connectivity index (χ1) is 11.1. The van der Waals surface area contributed by atoms with Crippen molar-refractivity contribution in [3.63, 3.8) is 0 Å². The van der Waals surface area contributed by atoms with E-state index in [0.29, 0.717) is 12.3 Å². The second-order valence-corrected chi connectivity index (χ2v) is 6.24. The molecule has 0 saturated carbocycles. The average Bonchev–Trinajstić information content (AvgIpc) is 2.97. The first-order valence-corrected chi connectivity index (χ1v) is 8.17. The summed E-state index contributed by atoms with van der Waals surface area (Å²) in [5.74, 6) is 1.45. The van der Waals surface area contributed by atoms with Gasteiger partial charge < -0.3 is 9.80 Å². The highest BCUT2D eigenvalue weighted by atomic mass is 16.2. The molecule has 0 bridgehead atoms. The van der Waals surface area contributed by atoms with E-state index in [1.165, 1.54) is 0 Å². The summed E-state index contributed by atoms with van der Waals surface area (Å²) in [4.78, 5) is 24.9. The molecule has 23 heavy (non-hydrogen) atoms. The van der Waals surface area contributed by atoms with Gasteiger partial charge in [-0.25, -0.2) is 14.6 Å². The highest BCUT2D eigenvalue weighted by Gasteiger charge is 2.24. The monoisotopic (exact) mass is 317 g/mol. The summed E-state index contributed by atoms with van der Waals surface area (Å²) in [5.41, 5.74) is 1.49. The lowest BCUT2D eigenvalue weighted by Gasteiger charge is -2.35. The van der Waals surface area contributed by atoms with E-state index in [4.69, 9.17) is 0 Å². The Morgan fingerprint density at radius 3 is 2.61 bits per heavy atom. The molecule has 0 N–H and O–H groups in total. The molecule has 0 unspecified atom stereocenters. The summed E-state index contributed by atoms with van der Waals surface area (Å²) in [7, 11) is 0. The van der Waals surface area contributed by atoms with Crippen molar-refractivity contribution in [1.29, 1.82) is 0 Å². The van der Waals surface area contributed by atoms with Crippen LogP contribution in [-0.4, -0.2) is 61.9 Å². The molecule has 8 heteroatoms. The number of hydrogen-bond donors (Lipinski definition) is 0. The molecule has 0 aromatic carbocycles. The Balaban J connectivity index is 1.73. The van der Waals surface area contributed by atoms with Gasteiger partial charge in [0.1, 0.15) is 6.33 Å². The lowest BCUT2D eigenvalue weighted by molar-refractivity contribution is -0.132. The first-order valence-electron chi connectivity index (χ1n) is 8.17. The van der Waals surface area contributed by atoms with E-state index in [-0.39, 0.29) is 5.91 Å². The van der Waals surface area contributed by atoms with Crippen molar-refractivity contribution in [2.45, 2.75) is 33.7 Å². The Bertz CT molecular complexity index is 688. The zero-order valence-corrected chi connectivity index (χ0v) is 13.9. The third kappa shape index (κ3) is 3.11. The van der Waals surface area contributed by atoms with Crippen molar-refractivity contribution in [1.82, 2.24) is 29.9 Å². The number of rotatable bonds is 4. The molecular formula is C15H23N7O. The van der Waals surface area contributed by atoms with Crippen molar-refractivity contribution >= 4 is 22.9 Å². The van der Waals surface area contributed by atoms with Crippen LogP contribution in [0.3, 0.4) is 0 Å². The molecule has 3 rings (SSSR count). The maximum atomic E-state index is 12.2. The largest absolute Gasteiger partial charge is 0.351 e. The molecule has 1 saturated heterocycles. The van der Waals surface area contributed by atoms with E-state index in [1.54, 1.807) is 11.0 Å². The smallest absolute Gasteiger partial charge is 0.222 e. The maximum Gasteiger partial charge on any atom is 0.222 e. The molecule has 8 nitrogen and oxygen atoms in total. The summed E-state index contributed by atoms with van der Waals surface area (Å²) in [6, 6.07) is 0. The number of aryl methyl sites for hydroxylation is 1. The molecule has 0 radical (unpaired) electrons. The zero-order valence-electron chi connectivity index (χ0n) is 13.9. The van der Waals surface area contributed by atoms with Crippen molar-refractivity contribution < 1.29 is 4.79 Å². The SMILES string of the molecule is CCn1nnc2c(N3CCN(C(=O)CC(C)C)CC3)ncnc21. The molecule has 0 spiro atoms. The summed E-state index contributed by atoms with van der Waals surface area (Å²) < 4.78 is 1.77. The predicted octanol–water partition coefficient (Wildman–Crippen LogP) is 0.936. The lowest BCUT2D eigenvalue weighted by Crippen LogP contribution is -2.49. The van der Waals surface area contributed by atoms with Crippen LogP contribution in [0.15, 0.2) is 6.33 Å². The number of aromatic nitrogens is 5. The normalized spacial score (nSPS) is 15.7. The first kappa shape index (κ1) is 15.6. The Hall–Kier alpha value is -2.25. The number of nitrogens with zero attached hydrogens (tertiary/aromatic N) is 7. The molecular weight excluding hydrogens is 294 g/mol. The van der Waals surface area contributed by atoms with E-state index in [1.807, 2.05) is 11.8 Å². The quantitative estimate of drug-likeness (QED) is 0.835. The molecule has 1 aliphatic heterocycles. The van der Waals surface area contributed by atoms with E-state index in [2.05, 4.69) is 39.0 Å². The number of anilines is 1. The van der Waals surface area contributed by atoms with Crippen LogP contribution < -0.4 is 4.90 Å².